The Morgan fingerprint density at radius 1 is 1.33 bits per heavy atom. The van der Waals surface area contributed by atoms with Gasteiger partial charge in [-0.05, 0) is 25.1 Å². The van der Waals surface area contributed by atoms with Crippen molar-refractivity contribution in [3.05, 3.63) is 18.2 Å². The van der Waals surface area contributed by atoms with Gasteiger partial charge in [0, 0.05) is 0 Å². The summed E-state index contributed by atoms with van der Waals surface area (Å²) in [6.45, 7) is 1.58. The number of benzene rings is 1. The number of anilines is 1. The summed E-state index contributed by atoms with van der Waals surface area (Å²) in [5.74, 6) is 0.0455. The Morgan fingerprint density at radius 3 is 2.80 bits per heavy atom. The van der Waals surface area contributed by atoms with Gasteiger partial charge in [0.05, 0.1) is 11.4 Å². The van der Waals surface area contributed by atoms with Gasteiger partial charge < -0.3 is 0 Å². The van der Waals surface area contributed by atoms with Crippen LogP contribution in [0.1, 0.15) is 6.92 Å². The number of nitrogens with zero attached hydrogens (tertiary/aromatic N) is 2. The molecular weight excluding hydrogens is 216 g/mol. The molecule has 1 aromatic carbocycles. The SMILES string of the molecule is CCS(=O)(=O)Nc1ccc2n[nH]nc2c1. The fourth-order valence-electron chi connectivity index (χ4n) is 1.16. The summed E-state index contributed by atoms with van der Waals surface area (Å²) in [6, 6.07) is 4.98. The van der Waals surface area contributed by atoms with E-state index in [9.17, 15) is 8.42 Å². The van der Waals surface area contributed by atoms with E-state index in [-0.39, 0.29) is 5.75 Å². The van der Waals surface area contributed by atoms with Gasteiger partial charge in [-0.25, -0.2) is 8.42 Å². The molecule has 0 spiro atoms. The molecule has 2 aromatic rings. The molecule has 0 unspecified atom stereocenters. The molecule has 0 aliphatic carbocycles. The summed E-state index contributed by atoms with van der Waals surface area (Å²) in [6.07, 6.45) is 0. The Hall–Kier alpha value is -1.63. The molecule has 2 N–H and O–H groups in total. The van der Waals surface area contributed by atoms with E-state index in [1.165, 1.54) is 0 Å². The van der Waals surface area contributed by atoms with Gasteiger partial charge >= 0.3 is 0 Å². The molecule has 1 heterocycles. The molecule has 1 aromatic heterocycles. The van der Waals surface area contributed by atoms with Gasteiger partial charge in [-0.2, -0.15) is 15.4 Å². The van der Waals surface area contributed by atoms with Crippen molar-refractivity contribution < 1.29 is 8.42 Å². The van der Waals surface area contributed by atoms with Crippen LogP contribution in [0.3, 0.4) is 0 Å². The average molecular weight is 226 g/mol. The molecule has 0 atom stereocenters. The number of H-pyrrole nitrogens is 1. The van der Waals surface area contributed by atoms with E-state index in [4.69, 9.17) is 0 Å². The molecule has 2 rings (SSSR count). The summed E-state index contributed by atoms with van der Waals surface area (Å²) >= 11 is 0. The van der Waals surface area contributed by atoms with Gasteiger partial charge in [0.25, 0.3) is 0 Å². The number of rotatable bonds is 3. The maximum atomic E-state index is 11.3. The molecule has 7 heteroatoms. The van der Waals surface area contributed by atoms with Gasteiger partial charge in [-0.15, -0.1) is 0 Å². The van der Waals surface area contributed by atoms with Crippen LogP contribution in [0.5, 0.6) is 0 Å². The first-order valence-corrected chi connectivity index (χ1v) is 6.07. The van der Waals surface area contributed by atoms with Crippen LogP contribution in [-0.4, -0.2) is 29.6 Å². The minimum atomic E-state index is -3.23. The molecule has 15 heavy (non-hydrogen) atoms. The number of fused-ring (bicyclic) bond motifs is 1. The minimum absolute atomic E-state index is 0.0455. The Balaban J connectivity index is 2.37. The number of hydrogen-bond acceptors (Lipinski definition) is 4. The van der Waals surface area contributed by atoms with Gasteiger partial charge in [0.1, 0.15) is 11.0 Å². The van der Waals surface area contributed by atoms with Crippen molar-refractivity contribution in [2.75, 3.05) is 10.5 Å². The first-order valence-electron chi connectivity index (χ1n) is 4.42. The summed E-state index contributed by atoms with van der Waals surface area (Å²) in [5.41, 5.74) is 1.83. The van der Waals surface area contributed by atoms with Crippen molar-refractivity contribution in [1.29, 1.82) is 0 Å². The highest BCUT2D eigenvalue weighted by Crippen LogP contribution is 2.15. The molecule has 0 amide bonds. The molecule has 0 aliphatic rings. The Morgan fingerprint density at radius 2 is 2.07 bits per heavy atom. The number of hydrogen-bond donors (Lipinski definition) is 2. The maximum absolute atomic E-state index is 11.3. The van der Waals surface area contributed by atoms with Crippen LogP contribution < -0.4 is 4.72 Å². The zero-order valence-corrected chi connectivity index (χ0v) is 8.87. The Kier molecular flexibility index (Phi) is 2.31. The second-order valence-corrected chi connectivity index (χ2v) is 5.04. The summed E-state index contributed by atoms with van der Waals surface area (Å²) in [5, 5.41) is 10.2. The Bertz CT molecular complexity index is 575. The van der Waals surface area contributed by atoms with E-state index >= 15 is 0 Å². The van der Waals surface area contributed by atoms with Crippen molar-refractivity contribution in [3.8, 4) is 0 Å². The van der Waals surface area contributed by atoms with Crippen molar-refractivity contribution >= 4 is 26.7 Å². The lowest BCUT2D eigenvalue weighted by molar-refractivity contribution is 0.602. The fraction of sp³-hybridized carbons (Fsp3) is 0.250. The minimum Gasteiger partial charge on any atom is -0.283 e. The quantitative estimate of drug-likeness (QED) is 0.807. The first kappa shape index (κ1) is 9.91. The van der Waals surface area contributed by atoms with Crippen LogP contribution in [-0.2, 0) is 10.0 Å². The van der Waals surface area contributed by atoms with Gasteiger partial charge in [0.2, 0.25) is 10.0 Å². The molecule has 80 valence electrons. The maximum Gasteiger partial charge on any atom is 0.232 e. The van der Waals surface area contributed by atoms with E-state index in [2.05, 4.69) is 20.1 Å². The highest BCUT2D eigenvalue weighted by molar-refractivity contribution is 7.92. The standard InChI is InChI=1S/C8H10N4O2S/c1-2-15(13,14)11-6-3-4-7-8(5-6)10-12-9-7/h3-5,11H,2H2,1H3,(H,9,10,12). The molecule has 0 aliphatic heterocycles. The molecule has 0 radical (unpaired) electrons. The molecule has 0 saturated carbocycles. The van der Waals surface area contributed by atoms with E-state index in [1.807, 2.05) is 0 Å². The molecule has 0 fully saturated rings. The largest absolute Gasteiger partial charge is 0.283 e. The van der Waals surface area contributed by atoms with Crippen LogP contribution >= 0.6 is 0 Å². The third-order valence-corrected chi connectivity index (χ3v) is 3.28. The second kappa shape index (κ2) is 3.50. The number of nitrogens with one attached hydrogen (secondary N) is 2. The summed E-state index contributed by atoms with van der Waals surface area (Å²) < 4.78 is 25.0. The number of aromatic amines is 1. The topological polar surface area (TPSA) is 87.7 Å². The normalized spacial score (nSPS) is 11.8. The number of aromatic nitrogens is 3. The van der Waals surface area contributed by atoms with Gasteiger partial charge in [0.15, 0.2) is 0 Å². The molecule has 6 nitrogen and oxygen atoms in total. The average Bonchev–Trinajstić information content (AvgIpc) is 2.64. The summed E-state index contributed by atoms with van der Waals surface area (Å²) in [4.78, 5) is 0. The first-order chi connectivity index (χ1) is 7.11. The molecule has 0 saturated heterocycles. The van der Waals surface area contributed by atoms with Crippen LogP contribution in [0.15, 0.2) is 18.2 Å². The van der Waals surface area contributed by atoms with Gasteiger partial charge in [-0.1, -0.05) is 0 Å². The van der Waals surface area contributed by atoms with Gasteiger partial charge in [-0.3, -0.25) is 4.72 Å². The highest BCUT2D eigenvalue weighted by Gasteiger charge is 2.07. The van der Waals surface area contributed by atoms with E-state index in [0.29, 0.717) is 16.7 Å². The summed E-state index contributed by atoms with van der Waals surface area (Å²) in [7, 11) is -3.23. The smallest absolute Gasteiger partial charge is 0.232 e. The van der Waals surface area contributed by atoms with Crippen molar-refractivity contribution in [1.82, 2.24) is 15.4 Å². The van der Waals surface area contributed by atoms with Crippen molar-refractivity contribution in [3.63, 3.8) is 0 Å². The Labute approximate surface area is 86.7 Å². The predicted octanol–water partition coefficient (Wildman–Crippen LogP) is 0.719. The zero-order valence-electron chi connectivity index (χ0n) is 8.06. The van der Waals surface area contributed by atoms with Crippen molar-refractivity contribution in [2.45, 2.75) is 6.92 Å². The van der Waals surface area contributed by atoms with E-state index in [1.54, 1.807) is 25.1 Å². The van der Waals surface area contributed by atoms with Crippen LogP contribution in [0.4, 0.5) is 5.69 Å². The highest BCUT2D eigenvalue weighted by atomic mass is 32.2. The molecular formula is C8H10N4O2S. The van der Waals surface area contributed by atoms with Crippen LogP contribution in [0.2, 0.25) is 0 Å². The lowest BCUT2D eigenvalue weighted by Crippen LogP contribution is -2.14. The monoisotopic (exact) mass is 226 g/mol. The van der Waals surface area contributed by atoms with Crippen LogP contribution in [0.25, 0.3) is 11.0 Å². The van der Waals surface area contributed by atoms with Crippen LogP contribution in [0, 0.1) is 0 Å². The third kappa shape index (κ3) is 2.07. The van der Waals surface area contributed by atoms with E-state index in [0.717, 1.165) is 0 Å². The lowest BCUT2D eigenvalue weighted by Gasteiger charge is -2.04. The third-order valence-electron chi connectivity index (χ3n) is 1.97. The second-order valence-electron chi connectivity index (χ2n) is 3.03. The number of sulfonamides is 1. The van der Waals surface area contributed by atoms with E-state index < -0.39 is 10.0 Å². The fourth-order valence-corrected chi connectivity index (χ4v) is 1.79. The molecule has 0 bridgehead atoms. The van der Waals surface area contributed by atoms with Crippen molar-refractivity contribution in [2.24, 2.45) is 0 Å². The zero-order chi connectivity index (χ0) is 10.9. The lowest BCUT2D eigenvalue weighted by atomic mass is 10.3. The predicted molar refractivity (Wildman–Crippen MR) is 57.0 cm³/mol.